The smallest absolute Gasteiger partial charge is 0.276 e. The first-order valence-electron chi connectivity index (χ1n) is 9.77. The summed E-state index contributed by atoms with van der Waals surface area (Å²) < 4.78 is 40.9. The monoisotopic (exact) mass is 453 g/mol. The average Bonchev–Trinajstić information content (AvgIpc) is 3.18. The first-order chi connectivity index (χ1) is 14.6. The maximum Gasteiger partial charge on any atom is 0.276 e. The summed E-state index contributed by atoms with van der Waals surface area (Å²) in [7, 11) is 0. The number of aryl methyl sites for hydroxylation is 1. The van der Waals surface area contributed by atoms with Gasteiger partial charge in [0.05, 0.1) is 10.7 Å². The van der Waals surface area contributed by atoms with E-state index in [0.29, 0.717) is 36.3 Å². The molecule has 2 heterocycles. The number of amides is 1. The summed E-state index contributed by atoms with van der Waals surface area (Å²) in [6.45, 7) is 9.73. The number of rotatable bonds is 5. The molecule has 1 amide bonds. The van der Waals surface area contributed by atoms with Gasteiger partial charge >= 0.3 is 0 Å². The summed E-state index contributed by atoms with van der Waals surface area (Å²) in [5.74, 6) is -0.834. The van der Waals surface area contributed by atoms with Crippen LogP contribution in [-0.2, 0) is 0 Å². The van der Waals surface area contributed by atoms with E-state index in [9.17, 15) is 18.0 Å². The topological polar surface area (TPSA) is 63.4 Å². The van der Waals surface area contributed by atoms with Crippen molar-refractivity contribution in [2.75, 3.05) is 13.1 Å². The van der Waals surface area contributed by atoms with E-state index in [1.54, 1.807) is 11.8 Å². The molecule has 0 unspecified atom stereocenters. The zero-order valence-corrected chi connectivity index (χ0v) is 18.2. The van der Waals surface area contributed by atoms with Gasteiger partial charge < -0.3 is 4.90 Å². The zero-order chi connectivity index (χ0) is 22.9. The first-order valence-corrected chi connectivity index (χ1v) is 10.1. The molecular formula is C21H23ClF3N5O. The molecule has 31 heavy (non-hydrogen) atoms. The van der Waals surface area contributed by atoms with Crippen LogP contribution in [0.5, 0.6) is 0 Å². The Balaban J connectivity index is 1.84. The number of hydrogen-bond acceptors (Lipinski definition) is 4. The third-order valence-electron chi connectivity index (χ3n) is 5.52. The normalized spacial score (nSPS) is 19.7. The largest absolute Gasteiger partial charge is 0.338 e. The molecule has 6 nitrogen and oxygen atoms in total. The van der Waals surface area contributed by atoms with Gasteiger partial charge in [-0.3, -0.25) is 4.79 Å². The van der Waals surface area contributed by atoms with Crippen LogP contribution in [0.25, 0.3) is 5.70 Å². The van der Waals surface area contributed by atoms with Crippen molar-refractivity contribution < 1.29 is 18.0 Å². The van der Waals surface area contributed by atoms with E-state index in [-0.39, 0.29) is 34.4 Å². The van der Waals surface area contributed by atoms with Crippen LogP contribution in [0.4, 0.5) is 19.1 Å². The number of likely N-dealkylation sites (tertiary alicyclic amines) is 1. The molecule has 166 valence electrons. The van der Waals surface area contributed by atoms with Gasteiger partial charge in [0.1, 0.15) is 12.1 Å². The summed E-state index contributed by atoms with van der Waals surface area (Å²) >= 11 is 5.91. The van der Waals surface area contributed by atoms with E-state index in [4.69, 9.17) is 11.6 Å². The van der Waals surface area contributed by atoms with Gasteiger partial charge in [-0.05, 0) is 43.9 Å². The zero-order valence-electron chi connectivity index (χ0n) is 17.4. The van der Waals surface area contributed by atoms with Crippen LogP contribution in [0.15, 0.2) is 30.0 Å². The third kappa shape index (κ3) is 4.81. The van der Waals surface area contributed by atoms with Crippen molar-refractivity contribution in [1.29, 1.82) is 0 Å². The molecule has 2 atom stereocenters. The highest BCUT2D eigenvalue weighted by Crippen LogP contribution is 2.33. The van der Waals surface area contributed by atoms with E-state index in [0.717, 1.165) is 0 Å². The number of carbonyl (C=O) groups is 1. The van der Waals surface area contributed by atoms with E-state index in [1.807, 2.05) is 6.92 Å². The van der Waals surface area contributed by atoms with Crippen molar-refractivity contribution in [3.8, 4) is 0 Å². The van der Waals surface area contributed by atoms with Gasteiger partial charge in [-0.15, -0.1) is 0 Å². The summed E-state index contributed by atoms with van der Waals surface area (Å²) in [6.07, 6.45) is -0.777. The number of piperidine rings is 1. The Bertz CT molecular complexity index is 1010. The van der Waals surface area contributed by atoms with Crippen LogP contribution < -0.4 is 0 Å². The minimum Gasteiger partial charge on any atom is -0.338 e. The summed E-state index contributed by atoms with van der Waals surface area (Å²) in [4.78, 5) is 22.5. The predicted molar refractivity (Wildman–Crippen MR) is 113 cm³/mol. The molecule has 0 N–H and O–H groups in total. The van der Waals surface area contributed by atoms with Crippen LogP contribution >= 0.6 is 11.6 Å². The molecule has 0 bridgehead atoms. The lowest BCUT2D eigenvalue weighted by Crippen LogP contribution is -2.44. The van der Waals surface area contributed by atoms with E-state index >= 15 is 0 Å². The van der Waals surface area contributed by atoms with Crippen LogP contribution in [0, 0.1) is 24.6 Å². The Morgan fingerprint density at radius 1 is 1.39 bits per heavy atom. The molecule has 1 fully saturated rings. The van der Waals surface area contributed by atoms with Crippen molar-refractivity contribution in [2.45, 2.75) is 33.6 Å². The number of halogens is 4. The second kappa shape index (κ2) is 9.21. The van der Waals surface area contributed by atoms with Crippen LogP contribution in [0.2, 0.25) is 5.02 Å². The lowest BCUT2D eigenvalue weighted by molar-refractivity contribution is 0.0653. The SMILES string of the molecule is C=C([C@@H]1CN(C(=O)c2cc(C)c(F)c(Cl)c2)CC[C@H]1C)n1ncnc1N=C(C)C(F)F. The summed E-state index contributed by atoms with van der Waals surface area (Å²) in [5.41, 5.74) is 0.735. The fraction of sp³-hybridized carbons (Fsp3) is 0.429. The number of nitrogens with zero attached hydrogens (tertiary/aromatic N) is 5. The number of alkyl halides is 2. The van der Waals surface area contributed by atoms with E-state index in [1.165, 1.54) is 30.1 Å². The Morgan fingerprint density at radius 2 is 2.10 bits per heavy atom. The minimum absolute atomic E-state index is 0.0133. The van der Waals surface area contributed by atoms with Crippen LogP contribution in [-0.4, -0.2) is 50.8 Å². The number of benzene rings is 1. The molecule has 0 aliphatic carbocycles. The third-order valence-corrected chi connectivity index (χ3v) is 5.80. The molecule has 1 aliphatic heterocycles. The second-order valence-electron chi connectivity index (χ2n) is 7.73. The molecule has 0 radical (unpaired) electrons. The Morgan fingerprint density at radius 3 is 2.74 bits per heavy atom. The van der Waals surface area contributed by atoms with Crippen molar-refractivity contribution >= 4 is 34.9 Å². The minimum atomic E-state index is -2.70. The quantitative estimate of drug-likeness (QED) is 0.598. The maximum atomic E-state index is 13.8. The maximum absolute atomic E-state index is 13.8. The highest BCUT2D eigenvalue weighted by molar-refractivity contribution is 6.31. The van der Waals surface area contributed by atoms with E-state index in [2.05, 4.69) is 21.7 Å². The van der Waals surface area contributed by atoms with Crippen molar-refractivity contribution in [2.24, 2.45) is 16.8 Å². The fourth-order valence-electron chi connectivity index (χ4n) is 3.60. The van der Waals surface area contributed by atoms with Gasteiger partial charge in [0.2, 0.25) is 0 Å². The van der Waals surface area contributed by atoms with Crippen molar-refractivity contribution in [1.82, 2.24) is 19.7 Å². The fourth-order valence-corrected chi connectivity index (χ4v) is 3.86. The first kappa shape index (κ1) is 23.0. The molecule has 1 aromatic heterocycles. The van der Waals surface area contributed by atoms with Crippen LogP contribution in [0.1, 0.15) is 36.2 Å². The molecule has 1 aromatic carbocycles. The molecule has 1 aliphatic rings. The predicted octanol–water partition coefficient (Wildman–Crippen LogP) is 5.01. The molecule has 0 saturated carbocycles. The summed E-state index contributed by atoms with van der Waals surface area (Å²) in [6, 6.07) is 2.80. The van der Waals surface area contributed by atoms with Crippen molar-refractivity contribution in [3.63, 3.8) is 0 Å². The molecular weight excluding hydrogens is 431 g/mol. The van der Waals surface area contributed by atoms with Crippen LogP contribution in [0.3, 0.4) is 0 Å². The molecule has 2 aromatic rings. The van der Waals surface area contributed by atoms with Crippen molar-refractivity contribution in [3.05, 3.63) is 47.0 Å². The molecule has 0 spiro atoms. The number of hydrogen-bond donors (Lipinski definition) is 0. The number of carbonyl (C=O) groups excluding carboxylic acids is 1. The van der Waals surface area contributed by atoms with Gasteiger partial charge in [-0.2, -0.15) is 10.1 Å². The highest BCUT2D eigenvalue weighted by atomic mass is 35.5. The molecule has 10 heteroatoms. The lowest BCUT2D eigenvalue weighted by Gasteiger charge is -2.38. The number of aromatic nitrogens is 3. The average molecular weight is 454 g/mol. The standard InChI is InChI=1S/C21H23ClF3N5O/c1-11-5-6-29(20(31)15-7-12(2)18(23)17(22)8-15)9-16(11)14(4)30-21(26-10-27-30)28-13(3)19(24)25/h7-8,10-11,16,19H,4-6,9H2,1-3H3/t11-,16-/m1/s1. The second-order valence-corrected chi connectivity index (χ2v) is 8.14. The lowest BCUT2D eigenvalue weighted by atomic mass is 9.84. The molecule has 1 saturated heterocycles. The number of aliphatic imine (C=N–C) groups is 1. The van der Waals surface area contributed by atoms with Gasteiger partial charge in [0, 0.05) is 30.3 Å². The Labute approximate surface area is 183 Å². The Hall–Kier alpha value is -2.68. The van der Waals surface area contributed by atoms with Gasteiger partial charge in [-0.1, -0.05) is 25.1 Å². The van der Waals surface area contributed by atoms with Gasteiger partial charge in [0.15, 0.2) is 0 Å². The highest BCUT2D eigenvalue weighted by Gasteiger charge is 2.33. The molecule has 3 rings (SSSR count). The Kier molecular flexibility index (Phi) is 6.83. The van der Waals surface area contributed by atoms with E-state index < -0.39 is 12.2 Å². The van der Waals surface area contributed by atoms with Gasteiger partial charge in [0.25, 0.3) is 18.3 Å². The summed E-state index contributed by atoms with van der Waals surface area (Å²) in [5, 5.41) is 3.99. The van der Waals surface area contributed by atoms with Gasteiger partial charge in [-0.25, -0.2) is 22.8 Å².